The van der Waals surface area contributed by atoms with E-state index in [-0.39, 0.29) is 29.6 Å². The summed E-state index contributed by atoms with van der Waals surface area (Å²) >= 11 is 0. The van der Waals surface area contributed by atoms with Crippen LogP contribution in [0.25, 0.3) is 0 Å². The zero-order valence-corrected chi connectivity index (χ0v) is 14.2. The van der Waals surface area contributed by atoms with Crippen molar-refractivity contribution in [2.45, 2.75) is 39.7 Å². The average molecular weight is 326 g/mol. The van der Waals surface area contributed by atoms with Crippen molar-refractivity contribution < 1.29 is 14.4 Å². The first-order valence-electron chi connectivity index (χ1n) is 8.30. The summed E-state index contributed by atoms with van der Waals surface area (Å²) < 4.78 is 0. The van der Waals surface area contributed by atoms with Gasteiger partial charge in [-0.2, -0.15) is 0 Å². The smallest absolute Gasteiger partial charge is 0.247 e. The molecule has 0 saturated carbocycles. The lowest BCUT2D eigenvalue weighted by molar-refractivity contribution is -0.146. The third kappa shape index (κ3) is 2.75. The van der Waals surface area contributed by atoms with E-state index in [0.29, 0.717) is 18.5 Å². The summed E-state index contributed by atoms with van der Waals surface area (Å²) in [5.74, 6) is -1.40. The second-order valence-corrected chi connectivity index (χ2v) is 6.69. The molecule has 0 radical (unpaired) electrons. The minimum Gasteiger partial charge on any atom is -0.324 e. The molecule has 1 saturated heterocycles. The number of likely N-dealkylation sites (tertiary alicyclic amines) is 1. The number of hydrogen-bond donors (Lipinski definition) is 1. The predicted octanol–water partition coefficient (Wildman–Crippen LogP) is 2.58. The number of hydrogen-bond acceptors (Lipinski definition) is 3. The highest BCUT2D eigenvalue weighted by Gasteiger charge is 2.50. The van der Waals surface area contributed by atoms with Gasteiger partial charge >= 0.3 is 0 Å². The molecule has 5 heteroatoms. The fraction of sp³-hybridized carbons (Fsp3) is 0.421. The maximum absolute atomic E-state index is 12.6. The van der Waals surface area contributed by atoms with Crippen molar-refractivity contribution in [3.8, 4) is 0 Å². The van der Waals surface area contributed by atoms with Crippen molar-refractivity contribution >= 4 is 23.4 Å². The Bertz CT molecular complexity index is 712. The van der Waals surface area contributed by atoms with Gasteiger partial charge in [-0.3, -0.25) is 19.3 Å². The zero-order chi connectivity index (χ0) is 17.4. The number of aryl methyl sites for hydroxylation is 2. The Morgan fingerprint density at radius 3 is 2.29 bits per heavy atom. The molecule has 1 aromatic rings. The molecule has 0 bridgehead atoms. The lowest BCUT2D eigenvalue weighted by atomic mass is 9.85. The van der Waals surface area contributed by atoms with Crippen molar-refractivity contribution in [1.29, 1.82) is 0 Å². The number of benzene rings is 1. The third-order valence-corrected chi connectivity index (χ3v) is 4.96. The standard InChI is InChI=1S/C19H22N2O3/c1-11-8-9-12(2)16(10-11)20-17(22)13(3)21-18(23)14-6-4-5-7-15(14)19(21)24/h4-5,8-10,13-15H,6-7H2,1-3H3,(H,20,22)/t13-,14-,15+/m0/s1. The highest BCUT2D eigenvalue weighted by atomic mass is 16.2. The van der Waals surface area contributed by atoms with Crippen LogP contribution in [0.5, 0.6) is 0 Å². The molecule has 1 aromatic carbocycles. The number of amides is 3. The third-order valence-electron chi connectivity index (χ3n) is 4.96. The highest BCUT2D eigenvalue weighted by molar-refractivity contribution is 6.10. The summed E-state index contributed by atoms with van der Waals surface area (Å²) in [6.45, 7) is 5.47. The molecule has 3 amide bonds. The van der Waals surface area contributed by atoms with Crippen molar-refractivity contribution in [2.24, 2.45) is 11.8 Å². The van der Waals surface area contributed by atoms with Crippen molar-refractivity contribution in [3.63, 3.8) is 0 Å². The molecule has 5 nitrogen and oxygen atoms in total. The van der Waals surface area contributed by atoms with Crippen LogP contribution in [0.15, 0.2) is 30.4 Å². The number of nitrogens with one attached hydrogen (secondary N) is 1. The quantitative estimate of drug-likeness (QED) is 0.686. The lowest BCUT2D eigenvalue weighted by Crippen LogP contribution is -2.46. The number of rotatable bonds is 3. The number of imide groups is 1. The molecule has 2 aliphatic rings. The van der Waals surface area contributed by atoms with Crippen LogP contribution < -0.4 is 5.32 Å². The molecular weight excluding hydrogens is 304 g/mol. The second kappa shape index (κ2) is 6.23. The maximum Gasteiger partial charge on any atom is 0.247 e. The van der Waals surface area contributed by atoms with Crippen LogP contribution in [-0.2, 0) is 14.4 Å². The van der Waals surface area contributed by atoms with E-state index < -0.39 is 6.04 Å². The lowest BCUT2D eigenvalue weighted by Gasteiger charge is -2.23. The number of carbonyl (C=O) groups excluding carboxylic acids is 3. The first kappa shape index (κ1) is 16.4. The Kier molecular flexibility index (Phi) is 4.26. The van der Waals surface area contributed by atoms with Gasteiger partial charge in [0.2, 0.25) is 17.7 Å². The predicted molar refractivity (Wildman–Crippen MR) is 91.2 cm³/mol. The molecule has 0 unspecified atom stereocenters. The molecule has 0 spiro atoms. The van der Waals surface area contributed by atoms with E-state index >= 15 is 0 Å². The normalized spacial score (nSPS) is 24.0. The SMILES string of the molecule is Cc1ccc(C)c(NC(=O)[C@H](C)N2C(=O)[C@H]3CC=CC[C@H]3C2=O)c1. The summed E-state index contributed by atoms with van der Waals surface area (Å²) in [5.41, 5.74) is 2.69. The van der Waals surface area contributed by atoms with E-state index in [4.69, 9.17) is 0 Å². The van der Waals surface area contributed by atoms with Crippen LogP contribution in [0.4, 0.5) is 5.69 Å². The first-order chi connectivity index (χ1) is 11.4. The Balaban J connectivity index is 1.77. The Labute approximate surface area is 141 Å². The molecule has 1 N–H and O–H groups in total. The van der Waals surface area contributed by atoms with Crippen LogP contribution >= 0.6 is 0 Å². The summed E-state index contributed by atoms with van der Waals surface area (Å²) in [5, 5.41) is 2.85. The Morgan fingerprint density at radius 2 is 1.71 bits per heavy atom. The number of fused-ring (bicyclic) bond motifs is 1. The molecule has 3 rings (SSSR count). The van der Waals surface area contributed by atoms with E-state index in [1.807, 2.05) is 44.2 Å². The van der Waals surface area contributed by atoms with Crippen LogP contribution in [0.1, 0.15) is 30.9 Å². The Hall–Kier alpha value is -2.43. The summed E-state index contributed by atoms with van der Waals surface area (Å²) in [6, 6.07) is 4.98. The van der Waals surface area contributed by atoms with Gasteiger partial charge in [-0.1, -0.05) is 24.3 Å². The molecule has 1 heterocycles. The number of nitrogens with zero attached hydrogens (tertiary/aromatic N) is 1. The molecule has 24 heavy (non-hydrogen) atoms. The van der Waals surface area contributed by atoms with Gasteiger partial charge in [-0.25, -0.2) is 0 Å². The molecular formula is C19H22N2O3. The second-order valence-electron chi connectivity index (χ2n) is 6.69. The number of carbonyl (C=O) groups is 3. The van der Waals surface area contributed by atoms with E-state index in [1.54, 1.807) is 6.92 Å². The monoisotopic (exact) mass is 326 g/mol. The van der Waals surface area contributed by atoms with Crippen molar-refractivity contribution in [2.75, 3.05) is 5.32 Å². The molecule has 1 fully saturated rings. The first-order valence-corrected chi connectivity index (χ1v) is 8.30. The summed E-state index contributed by atoms with van der Waals surface area (Å²) in [7, 11) is 0. The van der Waals surface area contributed by atoms with E-state index in [9.17, 15) is 14.4 Å². The average Bonchev–Trinajstić information content (AvgIpc) is 2.82. The number of anilines is 1. The van der Waals surface area contributed by atoms with Gasteiger partial charge in [0.1, 0.15) is 6.04 Å². The van der Waals surface area contributed by atoms with Gasteiger partial charge in [0.05, 0.1) is 11.8 Å². The minimum atomic E-state index is -0.810. The summed E-state index contributed by atoms with van der Waals surface area (Å²) in [6.07, 6.45) is 5.04. The fourth-order valence-electron chi connectivity index (χ4n) is 3.43. The van der Waals surface area contributed by atoms with Gasteiger partial charge < -0.3 is 5.32 Å². The Morgan fingerprint density at radius 1 is 1.12 bits per heavy atom. The topological polar surface area (TPSA) is 66.5 Å². The fourth-order valence-corrected chi connectivity index (χ4v) is 3.43. The number of allylic oxidation sites excluding steroid dienone is 2. The van der Waals surface area contributed by atoms with Crippen LogP contribution in [0.2, 0.25) is 0 Å². The molecule has 126 valence electrons. The van der Waals surface area contributed by atoms with Crippen molar-refractivity contribution in [1.82, 2.24) is 4.90 Å². The van der Waals surface area contributed by atoms with E-state index in [2.05, 4.69) is 5.32 Å². The van der Waals surface area contributed by atoms with Gasteiger partial charge in [0.25, 0.3) is 0 Å². The van der Waals surface area contributed by atoms with Gasteiger partial charge in [-0.05, 0) is 50.8 Å². The van der Waals surface area contributed by atoms with E-state index in [0.717, 1.165) is 16.0 Å². The minimum absolute atomic E-state index is 0.224. The highest BCUT2D eigenvalue weighted by Crippen LogP contribution is 2.36. The van der Waals surface area contributed by atoms with Crippen molar-refractivity contribution in [3.05, 3.63) is 41.5 Å². The molecule has 1 aliphatic heterocycles. The van der Waals surface area contributed by atoms with Gasteiger partial charge in [0.15, 0.2) is 0 Å². The van der Waals surface area contributed by atoms with E-state index in [1.165, 1.54) is 0 Å². The molecule has 0 aromatic heterocycles. The molecule has 3 atom stereocenters. The van der Waals surface area contributed by atoms with Gasteiger partial charge in [0, 0.05) is 5.69 Å². The van der Waals surface area contributed by atoms with Crippen LogP contribution in [0.3, 0.4) is 0 Å². The summed E-state index contributed by atoms with van der Waals surface area (Å²) in [4.78, 5) is 38.9. The van der Waals surface area contributed by atoms with Crippen LogP contribution in [0, 0.1) is 25.7 Å². The maximum atomic E-state index is 12.6. The largest absolute Gasteiger partial charge is 0.324 e. The van der Waals surface area contributed by atoms with Crippen LogP contribution in [-0.4, -0.2) is 28.7 Å². The zero-order valence-electron chi connectivity index (χ0n) is 14.2. The molecule has 1 aliphatic carbocycles. The van der Waals surface area contributed by atoms with Gasteiger partial charge in [-0.15, -0.1) is 0 Å².